The van der Waals surface area contributed by atoms with Crippen molar-refractivity contribution >= 4 is 11.9 Å². The summed E-state index contributed by atoms with van der Waals surface area (Å²) < 4.78 is 39.6. The number of carboxylic acid groups (broad SMARTS) is 1. The minimum Gasteiger partial charge on any atom is -0.493 e. The normalized spacial score (nSPS) is 19.1. The topological polar surface area (TPSA) is 84.9 Å². The van der Waals surface area contributed by atoms with Crippen LogP contribution in [0.15, 0.2) is 24.3 Å². The third-order valence-electron chi connectivity index (χ3n) is 4.03. The largest absolute Gasteiger partial charge is 0.493 e. The van der Waals surface area contributed by atoms with Crippen molar-refractivity contribution in [1.29, 1.82) is 0 Å². The summed E-state index contributed by atoms with van der Waals surface area (Å²) in [4.78, 5) is 23.6. The fourth-order valence-electron chi connectivity index (χ4n) is 2.77. The van der Waals surface area contributed by atoms with Crippen LogP contribution in [0, 0.1) is 5.92 Å². The van der Waals surface area contributed by atoms with Crippen LogP contribution in [0.25, 0.3) is 0 Å². The number of hydrogen-bond donors (Lipinski definition) is 2. The zero-order chi connectivity index (χ0) is 18.4. The van der Waals surface area contributed by atoms with Crippen LogP contribution in [-0.2, 0) is 20.2 Å². The van der Waals surface area contributed by atoms with E-state index in [0.29, 0.717) is 19.4 Å². The number of amides is 1. The molecule has 1 aliphatic rings. The summed E-state index contributed by atoms with van der Waals surface area (Å²) in [6.07, 6.45) is 1.10. The number of halogens is 2. The van der Waals surface area contributed by atoms with Gasteiger partial charge in [0.25, 0.3) is 5.91 Å². The summed E-state index contributed by atoms with van der Waals surface area (Å²) in [6, 6.07) is 3.87. The number of ether oxygens (including phenoxy) is 2. The molecule has 0 bridgehead atoms. The van der Waals surface area contributed by atoms with Gasteiger partial charge in [-0.25, -0.2) is 4.79 Å². The molecule has 0 radical (unpaired) electrons. The monoisotopic (exact) mass is 357 g/mol. The summed E-state index contributed by atoms with van der Waals surface area (Å²) in [5.41, 5.74) is -0.599. The second-order valence-corrected chi connectivity index (χ2v) is 5.77. The average molecular weight is 357 g/mol. The van der Waals surface area contributed by atoms with Crippen LogP contribution in [0.4, 0.5) is 8.78 Å². The maximum absolute atomic E-state index is 14.6. The van der Waals surface area contributed by atoms with E-state index >= 15 is 0 Å². The molecule has 138 valence electrons. The lowest BCUT2D eigenvalue weighted by Crippen LogP contribution is -2.52. The van der Waals surface area contributed by atoms with Gasteiger partial charge in [-0.15, -0.1) is 0 Å². The van der Waals surface area contributed by atoms with E-state index in [-0.39, 0.29) is 19.0 Å². The zero-order valence-electron chi connectivity index (χ0n) is 13.8. The van der Waals surface area contributed by atoms with E-state index in [9.17, 15) is 23.5 Å². The van der Waals surface area contributed by atoms with Crippen LogP contribution in [0.1, 0.15) is 25.3 Å². The highest BCUT2D eigenvalue weighted by atomic mass is 19.3. The van der Waals surface area contributed by atoms with Crippen LogP contribution >= 0.6 is 0 Å². The number of rotatable bonds is 7. The van der Waals surface area contributed by atoms with Crippen molar-refractivity contribution in [1.82, 2.24) is 5.32 Å². The molecule has 0 saturated carbocycles. The molecule has 1 saturated heterocycles. The maximum atomic E-state index is 14.6. The molecule has 8 heteroatoms. The molecule has 0 aromatic heterocycles. The van der Waals surface area contributed by atoms with Crippen LogP contribution in [-0.4, -0.2) is 42.8 Å². The molecule has 25 heavy (non-hydrogen) atoms. The smallest absolute Gasteiger partial charge is 0.353 e. The van der Waals surface area contributed by atoms with E-state index < -0.39 is 35.3 Å². The van der Waals surface area contributed by atoms with E-state index in [1.54, 1.807) is 6.92 Å². The standard InChI is InChI=1S/C17H21F2NO5/c1-2-25-13-8-4-3-7-12(13)17(18,19)16(23)20-14(15(21)22)11-6-5-9-24-10-11/h3-4,7-8,11,14H,2,5-6,9-10H2,1H3,(H,20,23)(H,21,22). The fraction of sp³-hybridized carbons (Fsp3) is 0.529. The first kappa shape index (κ1) is 19.1. The second kappa shape index (κ2) is 8.24. The lowest BCUT2D eigenvalue weighted by atomic mass is 9.93. The van der Waals surface area contributed by atoms with Crippen molar-refractivity contribution in [3.63, 3.8) is 0 Å². The maximum Gasteiger partial charge on any atom is 0.353 e. The summed E-state index contributed by atoms with van der Waals surface area (Å²) in [6.45, 7) is 2.40. The predicted octanol–water partition coefficient (Wildman–Crippen LogP) is 2.17. The van der Waals surface area contributed by atoms with Gasteiger partial charge in [-0.1, -0.05) is 12.1 Å². The Labute approximate surface area is 144 Å². The van der Waals surface area contributed by atoms with E-state index in [1.807, 2.05) is 5.32 Å². The third kappa shape index (κ3) is 4.45. The van der Waals surface area contributed by atoms with E-state index in [1.165, 1.54) is 18.2 Å². The van der Waals surface area contributed by atoms with Crippen molar-refractivity contribution in [2.45, 2.75) is 31.7 Å². The van der Waals surface area contributed by atoms with E-state index in [2.05, 4.69) is 0 Å². The summed E-state index contributed by atoms with van der Waals surface area (Å²) in [5, 5.41) is 11.3. The number of hydrogen-bond acceptors (Lipinski definition) is 4. The van der Waals surface area contributed by atoms with Crippen molar-refractivity contribution < 1.29 is 33.0 Å². The van der Waals surface area contributed by atoms with Crippen LogP contribution in [0.2, 0.25) is 0 Å². The summed E-state index contributed by atoms with van der Waals surface area (Å²) in [5.74, 6) is -7.61. The minimum atomic E-state index is -3.92. The van der Waals surface area contributed by atoms with Crippen molar-refractivity contribution in [2.24, 2.45) is 5.92 Å². The SMILES string of the molecule is CCOc1ccccc1C(F)(F)C(=O)NC(C(=O)O)C1CCCOC1. The molecule has 1 heterocycles. The highest BCUT2D eigenvalue weighted by Gasteiger charge is 2.46. The molecule has 1 aromatic carbocycles. The Balaban J connectivity index is 2.20. The van der Waals surface area contributed by atoms with Gasteiger partial charge in [0.15, 0.2) is 0 Å². The van der Waals surface area contributed by atoms with E-state index in [4.69, 9.17) is 9.47 Å². The van der Waals surface area contributed by atoms with Gasteiger partial charge < -0.3 is 19.9 Å². The van der Waals surface area contributed by atoms with Gasteiger partial charge in [0, 0.05) is 12.5 Å². The minimum absolute atomic E-state index is 0.109. The number of benzene rings is 1. The summed E-state index contributed by atoms with van der Waals surface area (Å²) >= 11 is 0. The van der Waals surface area contributed by atoms with Crippen molar-refractivity contribution in [3.05, 3.63) is 29.8 Å². The van der Waals surface area contributed by atoms with Crippen LogP contribution in [0.5, 0.6) is 5.75 Å². The number of carbonyl (C=O) groups is 2. The Morgan fingerprint density at radius 1 is 1.44 bits per heavy atom. The van der Waals surface area contributed by atoms with Crippen LogP contribution < -0.4 is 10.1 Å². The van der Waals surface area contributed by atoms with Gasteiger partial charge >= 0.3 is 11.9 Å². The molecule has 0 spiro atoms. The van der Waals surface area contributed by atoms with Gasteiger partial charge in [-0.3, -0.25) is 4.79 Å². The number of carboxylic acids is 1. The van der Waals surface area contributed by atoms with Gasteiger partial charge in [0.1, 0.15) is 11.8 Å². The number of para-hydroxylation sites is 1. The zero-order valence-corrected chi connectivity index (χ0v) is 13.8. The molecule has 0 aliphatic carbocycles. The lowest BCUT2D eigenvalue weighted by Gasteiger charge is -2.29. The molecule has 1 aromatic rings. The highest BCUT2D eigenvalue weighted by Crippen LogP contribution is 2.35. The number of aliphatic carboxylic acids is 1. The first-order valence-corrected chi connectivity index (χ1v) is 8.09. The molecule has 1 fully saturated rings. The molecule has 2 N–H and O–H groups in total. The molecular formula is C17H21F2NO5. The Kier molecular flexibility index (Phi) is 6.30. The molecule has 2 rings (SSSR count). The second-order valence-electron chi connectivity index (χ2n) is 5.77. The Hall–Kier alpha value is -2.22. The molecule has 6 nitrogen and oxygen atoms in total. The Morgan fingerprint density at radius 3 is 2.76 bits per heavy atom. The summed E-state index contributed by atoms with van der Waals surface area (Å²) in [7, 11) is 0. The molecule has 1 amide bonds. The first-order chi connectivity index (χ1) is 11.9. The molecule has 1 aliphatic heterocycles. The van der Waals surface area contributed by atoms with Crippen molar-refractivity contribution in [2.75, 3.05) is 19.8 Å². The van der Waals surface area contributed by atoms with Crippen molar-refractivity contribution in [3.8, 4) is 5.75 Å². The Morgan fingerprint density at radius 2 is 2.16 bits per heavy atom. The lowest BCUT2D eigenvalue weighted by molar-refractivity contribution is -0.154. The highest BCUT2D eigenvalue weighted by molar-refractivity contribution is 5.89. The number of alkyl halides is 2. The number of nitrogens with one attached hydrogen (secondary N) is 1. The van der Waals surface area contributed by atoms with Gasteiger partial charge in [0.2, 0.25) is 0 Å². The third-order valence-corrected chi connectivity index (χ3v) is 4.03. The fourth-order valence-corrected chi connectivity index (χ4v) is 2.77. The van der Waals surface area contributed by atoms with Gasteiger partial charge in [-0.2, -0.15) is 8.78 Å². The molecular weight excluding hydrogens is 336 g/mol. The quantitative estimate of drug-likeness (QED) is 0.781. The van der Waals surface area contributed by atoms with Crippen LogP contribution in [0.3, 0.4) is 0 Å². The van der Waals surface area contributed by atoms with E-state index in [0.717, 1.165) is 6.07 Å². The van der Waals surface area contributed by atoms with Gasteiger partial charge in [-0.05, 0) is 31.9 Å². The molecule has 2 unspecified atom stereocenters. The number of carbonyl (C=O) groups excluding carboxylic acids is 1. The first-order valence-electron chi connectivity index (χ1n) is 8.09. The average Bonchev–Trinajstić information content (AvgIpc) is 2.60. The Bertz CT molecular complexity index is 617. The molecule has 2 atom stereocenters. The van der Waals surface area contributed by atoms with Gasteiger partial charge in [0.05, 0.1) is 18.8 Å². The predicted molar refractivity (Wildman–Crippen MR) is 84.6 cm³/mol.